The number of rotatable bonds is 4. The summed E-state index contributed by atoms with van der Waals surface area (Å²) in [4.78, 5) is 0. The van der Waals surface area contributed by atoms with Gasteiger partial charge < -0.3 is 0 Å². The first-order valence-electron chi connectivity index (χ1n) is 4.36. The van der Waals surface area contributed by atoms with Crippen LogP contribution in [0.25, 0.3) is 6.08 Å². The van der Waals surface area contributed by atoms with E-state index in [2.05, 4.69) is 31.4 Å². The number of hydrogen-bond acceptors (Lipinski definition) is 0. The quantitative estimate of drug-likeness (QED) is 0.478. The highest BCUT2D eigenvalue weighted by Gasteiger charge is 1.94. The zero-order valence-corrected chi connectivity index (χ0v) is 7.74. The lowest BCUT2D eigenvalue weighted by molar-refractivity contribution is 1.26. The summed E-state index contributed by atoms with van der Waals surface area (Å²) in [5.41, 5.74) is 2.54. The minimum absolute atomic E-state index is 0.914. The predicted octanol–water partition coefficient (Wildman–Crippen LogP) is 3.61. The van der Waals surface area contributed by atoms with Gasteiger partial charge in [-0.25, -0.2) is 0 Å². The molecule has 0 aliphatic heterocycles. The summed E-state index contributed by atoms with van der Waals surface area (Å²) >= 11 is 0. The monoisotopic (exact) mass is 170 g/mol. The van der Waals surface area contributed by atoms with Crippen molar-refractivity contribution in [1.82, 2.24) is 0 Å². The summed E-state index contributed by atoms with van der Waals surface area (Å²) < 4.78 is 0. The maximum Gasteiger partial charge on any atom is -0.00942 e. The van der Waals surface area contributed by atoms with Gasteiger partial charge in [-0.15, -0.1) is 6.58 Å². The fourth-order valence-electron chi connectivity index (χ4n) is 1.21. The van der Waals surface area contributed by atoms with Gasteiger partial charge in [0.05, 0.1) is 0 Å². The van der Waals surface area contributed by atoms with E-state index in [0.29, 0.717) is 0 Å². The largest absolute Gasteiger partial charge is 0.103 e. The lowest BCUT2D eigenvalue weighted by Crippen LogP contribution is -1.84. The summed E-state index contributed by atoms with van der Waals surface area (Å²) in [7, 11) is 0. The van der Waals surface area contributed by atoms with Gasteiger partial charge in [0, 0.05) is 0 Å². The molecular formula is C13H14. The highest BCUT2D eigenvalue weighted by atomic mass is 14.0. The SMILES string of the molecule is C=CC=Cc1ccccc1CC=C. The first-order valence-corrected chi connectivity index (χ1v) is 4.36. The van der Waals surface area contributed by atoms with Crippen molar-refractivity contribution in [3.8, 4) is 0 Å². The van der Waals surface area contributed by atoms with Crippen molar-refractivity contribution in [2.75, 3.05) is 0 Å². The molecule has 1 aromatic rings. The summed E-state index contributed by atoms with van der Waals surface area (Å²) in [5, 5.41) is 0. The molecular weight excluding hydrogens is 156 g/mol. The van der Waals surface area contributed by atoms with E-state index < -0.39 is 0 Å². The van der Waals surface area contributed by atoms with Gasteiger partial charge in [-0.1, -0.05) is 55.1 Å². The molecule has 0 amide bonds. The smallest absolute Gasteiger partial charge is 0.00942 e. The van der Waals surface area contributed by atoms with E-state index in [1.807, 2.05) is 24.3 Å². The Bertz CT molecular complexity index is 319. The molecule has 0 heterocycles. The molecule has 0 fully saturated rings. The Morgan fingerprint density at radius 2 is 1.92 bits per heavy atom. The molecule has 0 nitrogen and oxygen atoms in total. The second kappa shape index (κ2) is 5.15. The average Bonchev–Trinajstić information content (AvgIpc) is 2.17. The number of benzene rings is 1. The van der Waals surface area contributed by atoms with E-state index in [9.17, 15) is 0 Å². The third-order valence-corrected chi connectivity index (χ3v) is 1.83. The van der Waals surface area contributed by atoms with E-state index in [1.165, 1.54) is 11.1 Å². The zero-order chi connectivity index (χ0) is 9.52. The maximum absolute atomic E-state index is 3.73. The van der Waals surface area contributed by atoms with Crippen LogP contribution >= 0.6 is 0 Å². The summed E-state index contributed by atoms with van der Waals surface area (Å²) in [6.07, 6.45) is 8.62. The van der Waals surface area contributed by atoms with Crippen LogP contribution in [-0.4, -0.2) is 0 Å². The lowest BCUT2D eigenvalue weighted by atomic mass is 10.0. The third-order valence-electron chi connectivity index (χ3n) is 1.83. The third kappa shape index (κ3) is 2.75. The minimum atomic E-state index is 0.914. The highest BCUT2D eigenvalue weighted by molar-refractivity contribution is 5.55. The Hall–Kier alpha value is -1.56. The van der Waals surface area contributed by atoms with E-state index in [-0.39, 0.29) is 0 Å². The first kappa shape index (κ1) is 9.53. The van der Waals surface area contributed by atoms with Crippen LogP contribution in [-0.2, 0) is 6.42 Å². The second-order valence-corrected chi connectivity index (χ2v) is 2.79. The highest BCUT2D eigenvalue weighted by Crippen LogP contribution is 2.11. The van der Waals surface area contributed by atoms with Crippen LogP contribution < -0.4 is 0 Å². The van der Waals surface area contributed by atoms with Crippen LogP contribution in [0.3, 0.4) is 0 Å². The molecule has 0 unspecified atom stereocenters. The molecule has 1 rings (SSSR count). The Kier molecular flexibility index (Phi) is 3.77. The van der Waals surface area contributed by atoms with Crippen LogP contribution in [0, 0.1) is 0 Å². The molecule has 0 aromatic heterocycles. The summed E-state index contributed by atoms with van der Waals surface area (Å²) in [6, 6.07) is 8.29. The molecule has 1 aromatic carbocycles. The Morgan fingerprint density at radius 3 is 2.62 bits per heavy atom. The van der Waals surface area contributed by atoms with E-state index in [0.717, 1.165) is 6.42 Å². The van der Waals surface area contributed by atoms with Crippen LogP contribution in [0.2, 0.25) is 0 Å². The van der Waals surface area contributed by atoms with Crippen LogP contribution in [0.15, 0.2) is 55.7 Å². The van der Waals surface area contributed by atoms with Crippen molar-refractivity contribution in [3.05, 3.63) is 66.8 Å². The number of hydrogen-bond donors (Lipinski definition) is 0. The van der Waals surface area contributed by atoms with Crippen LogP contribution in [0.5, 0.6) is 0 Å². The topological polar surface area (TPSA) is 0 Å². The van der Waals surface area contributed by atoms with Crippen molar-refractivity contribution in [2.45, 2.75) is 6.42 Å². The molecule has 66 valence electrons. The molecule has 0 saturated heterocycles. The first-order chi connectivity index (χ1) is 6.38. The van der Waals surface area contributed by atoms with Gasteiger partial charge in [-0.05, 0) is 17.5 Å². The summed E-state index contributed by atoms with van der Waals surface area (Å²) in [6.45, 7) is 7.38. The molecule has 0 atom stereocenters. The van der Waals surface area contributed by atoms with Crippen molar-refractivity contribution in [3.63, 3.8) is 0 Å². The lowest BCUT2D eigenvalue weighted by Gasteiger charge is -2.01. The maximum atomic E-state index is 3.73. The van der Waals surface area contributed by atoms with Gasteiger partial charge in [0.25, 0.3) is 0 Å². The molecule has 0 spiro atoms. The molecule has 0 bridgehead atoms. The Labute approximate surface area is 79.9 Å². The Morgan fingerprint density at radius 1 is 1.15 bits per heavy atom. The van der Waals surface area contributed by atoms with Crippen LogP contribution in [0.1, 0.15) is 11.1 Å². The number of allylic oxidation sites excluding steroid dienone is 3. The van der Waals surface area contributed by atoms with E-state index >= 15 is 0 Å². The molecule has 0 saturated carbocycles. The van der Waals surface area contributed by atoms with Gasteiger partial charge in [-0.2, -0.15) is 0 Å². The van der Waals surface area contributed by atoms with Crippen molar-refractivity contribution in [2.24, 2.45) is 0 Å². The van der Waals surface area contributed by atoms with Crippen molar-refractivity contribution in [1.29, 1.82) is 0 Å². The van der Waals surface area contributed by atoms with E-state index in [4.69, 9.17) is 0 Å². The standard InChI is InChI=1S/C13H14/c1-3-5-9-13-11-7-6-10-12(13)8-4-2/h3-7,9-11H,1-2,8H2. The van der Waals surface area contributed by atoms with Crippen LogP contribution in [0.4, 0.5) is 0 Å². The second-order valence-electron chi connectivity index (χ2n) is 2.79. The fraction of sp³-hybridized carbons (Fsp3) is 0.0769. The molecule has 13 heavy (non-hydrogen) atoms. The average molecular weight is 170 g/mol. The van der Waals surface area contributed by atoms with Crippen molar-refractivity contribution < 1.29 is 0 Å². The molecule has 0 aliphatic carbocycles. The van der Waals surface area contributed by atoms with Gasteiger partial charge in [-0.3, -0.25) is 0 Å². The van der Waals surface area contributed by atoms with Gasteiger partial charge in [0.15, 0.2) is 0 Å². The molecule has 0 aliphatic rings. The zero-order valence-electron chi connectivity index (χ0n) is 7.74. The van der Waals surface area contributed by atoms with Gasteiger partial charge in [0.2, 0.25) is 0 Å². The van der Waals surface area contributed by atoms with E-state index in [1.54, 1.807) is 6.08 Å². The van der Waals surface area contributed by atoms with Gasteiger partial charge in [0.1, 0.15) is 0 Å². The molecule has 0 radical (unpaired) electrons. The normalized spacial score (nSPS) is 10.2. The molecule has 0 heteroatoms. The predicted molar refractivity (Wildman–Crippen MR) is 59.6 cm³/mol. The Balaban J connectivity index is 2.96. The fourth-order valence-corrected chi connectivity index (χ4v) is 1.21. The van der Waals surface area contributed by atoms with Gasteiger partial charge >= 0.3 is 0 Å². The molecule has 0 N–H and O–H groups in total. The summed E-state index contributed by atoms with van der Waals surface area (Å²) in [5.74, 6) is 0. The minimum Gasteiger partial charge on any atom is -0.103 e. The van der Waals surface area contributed by atoms with Crippen molar-refractivity contribution >= 4 is 6.08 Å².